The molecule has 2 unspecified atom stereocenters. The van der Waals surface area contributed by atoms with Gasteiger partial charge in [-0.15, -0.1) is 0 Å². The van der Waals surface area contributed by atoms with Crippen molar-refractivity contribution >= 4 is 28.2 Å². The fraction of sp³-hybridized carbons (Fsp3) is 0.600. The Morgan fingerprint density at radius 2 is 1.81 bits per heavy atom. The number of aromatic nitrogens is 1. The van der Waals surface area contributed by atoms with E-state index < -0.39 is 40.8 Å². The minimum atomic E-state index is -0.866. The standard InChI is InChI=1S/C45H57NO7/c1-23(2)35-38(50)33-32-26(29-22-41(4,5)53-42(6,7)34(29)37(32)49)21-27-28-20-25-13-14-30-43(8,16-11-12-24(3)40(51)52-19-18-47)31(48)15-17-44(30,9)45(25,10)39(28)46(35)36(27)33/h11-12,16,21-22,25,30-31,34-35,37,47-49H,1,13-15,17-20H2,2-10H3/b16-11+,24-12+/t25?,30-,31-,34?,35-,37+,43-,44-,45+/m0/s1. The van der Waals surface area contributed by atoms with Gasteiger partial charge >= 0.3 is 5.97 Å². The smallest absolute Gasteiger partial charge is 0.333 e. The quantitative estimate of drug-likeness (QED) is 0.121. The van der Waals surface area contributed by atoms with Gasteiger partial charge in [0.1, 0.15) is 12.6 Å². The zero-order chi connectivity index (χ0) is 38.4. The number of hydrogen-bond donors (Lipinski definition) is 3. The van der Waals surface area contributed by atoms with Crippen molar-refractivity contribution in [3.8, 4) is 0 Å². The van der Waals surface area contributed by atoms with Crippen LogP contribution in [0.15, 0.2) is 48.1 Å². The van der Waals surface area contributed by atoms with Gasteiger partial charge in [-0.1, -0.05) is 51.2 Å². The molecule has 0 saturated heterocycles. The van der Waals surface area contributed by atoms with Crippen molar-refractivity contribution in [1.29, 1.82) is 0 Å². The summed E-state index contributed by atoms with van der Waals surface area (Å²) in [5, 5.41) is 34.1. The molecule has 0 bridgehead atoms. The Hall–Kier alpha value is -3.30. The average molecular weight is 724 g/mol. The number of fused-ring (bicyclic) bond motifs is 11. The molecule has 2 fully saturated rings. The van der Waals surface area contributed by atoms with Crippen molar-refractivity contribution in [1.82, 2.24) is 4.57 Å². The van der Waals surface area contributed by atoms with Gasteiger partial charge in [-0.3, -0.25) is 4.79 Å². The van der Waals surface area contributed by atoms with Gasteiger partial charge in [-0.05, 0) is 120 Å². The van der Waals surface area contributed by atoms with Gasteiger partial charge in [-0.25, -0.2) is 4.79 Å². The first-order valence-corrected chi connectivity index (χ1v) is 19.6. The number of hydrogen-bond acceptors (Lipinski definition) is 7. The Morgan fingerprint density at radius 3 is 2.49 bits per heavy atom. The van der Waals surface area contributed by atoms with Crippen molar-refractivity contribution in [3.05, 3.63) is 76.0 Å². The van der Waals surface area contributed by atoms with Gasteiger partial charge in [0.15, 0.2) is 5.78 Å². The number of allylic oxidation sites excluding steroid dienone is 3. The van der Waals surface area contributed by atoms with Crippen molar-refractivity contribution in [2.24, 2.45) is 28.6 Å². The highest BCUT2D eigenvalue weighted by atomic mass is 16.5. The molecule has 8 nitrogen and oxygen atoms in total. The van der Waals surface area contributed by atoms with E-state index >= 15 is 0 Å². The summed E-state index contributed by atoms with van der Waals surface area (Å²) in [5.74, 6) is -0.235. The van der Waals surface area contributed by atoms with Crippen molar-refractivity contribution < 1.29 is 34.4 Å². The number of Topliss-reactive ketones (excluding diaryl/α,β-unsaturated/α-hetero) is 1. The third-order valence-corrected chi connectivity index (χ3v) is 15.1. The van der Waals surface area contributed by atoms with E-state index in [1.807, 2.05) is 26.8 Å². The number of ether oxygens (including phenoxy) is 2. The molecule has 8 heteroatoms. The van der Waals surface area contributed by atoms with Crippen molar-refractivity contribution in [2.45, 2.75) is 129 Å². The van der Waals surface area contributed by atoms with Crippen LogP contribution in [0.1, 0.15) is 133 Å². The first-order chi connectivity index (χ1) is 24.7. The molecule has 0 spiro atoms. The lowest BCUT2D eigenvalue weighted by Gasteiger charge is -2.64. The molecular formula is C45H57NO7. The SMILES string of the molecule is C=C(C)[C@H]1C(=O)c2c3c(cc4c5c(n1c24)[C@@]1(C)C(CC[C@H]2[C@](C)(/C=C/C=C(\C)C(=O)OCCO)[C@@H](O)CC[C@@]21C)C5)C1=CC(C)(C)OC(C)(C)C1[C@@H]3O. The Morgan fingerprint density at radius 1 is 1.09 bits per heavy atom. The molecule has 6 aliphatic rings. The summed E-state index contributed by atoms with van der Waals surface area (Å²) in [5.41, 5.74) is 5.95. The Balaban J connectivity index is 1.30. The van der Waals surface area contributed by atoms with E-state index in [1.54, 1.807) is 13.0 Å². The summed E-state index contributed by atoms with van der Waals surface area (Å²) >= 11 is 0. The number of ketones is 1. The summed E-state index contributed by atoms with van der Waals surface area (Å²) < 4.78 is 14.0. The normalized spacial score (nSPS) is 37.6. The number of nitrogens with zero attached hydrogens (tertiary/aromatic N) is 1. The lowest BCUT2D eigenvalue weighted by Crippen LogP contribution is -2.62. The molecule has 4 aliphatic carbocycles. The number of carbonyl (C=O) groups excluding carboxylic acids is 2. The maximum atomic E-state index is 14.9. The third-order valence-electron chi connectivity index (χ3n) is 15.1. The average Bonchev–Trinajstić information content (AvgIpc) is 3.74. The van der Waals surface area contributed by atoms with Crippen LogP contribution in [0.5, 0.6) is 0 Å². The van der Waals surface area contributed by atoms with Gasteiger partial charge in [0.05, 0.1) is 41.1 Å². The number of aliphatic hydroxyl groups is 3. The molecule has 2 aliphatic heterocycles. The monoisotopic (exact) mass is 723 g/mol. The molecule has 284 valence electrons. The zero-order valence-electron chi connectivity index (χ0n) is 32.9. The largest absolute Gasteiger partial charge is 0.460 e. The molecule has 3 N–H and O–H groups in total. The van der Waals surface area contributed by atoms with Gasteiger partial charge in [0, 0.05) is 39.0 Å². The Bertz CT molecular complexity index is 2080. The van der Waals surface area contributed by atoms with Gasteiger partial charge < -0.3 is 29.4 Å². The van der Waals surface area contributed by atoms with E-state index in [0.717, 1.165) is 58.9 Å². The van der Waals surface area contributed by atoms with Crippen LogP contribution in [0.4, 0.5) is 0 Å². The number of carbonyl (C=O) groups is 2. The van der Waals surface area contributed by atoms with E-state index in [1.165, 1.54) is 11.3 Å². The van der Waals surface area contributed by atoms with Crippen molar-refractivity contribution in [2.75, 3.05) is 13.2 Å². The first-order valence-electron chi connectivity index (χ1n) is 19.6. The van der Waals surface area contributed by atoms with Gasteiger partial charge in [0.2, 0.25) is 0 Å². The second kappa shape index (κ2) is 11.6. The van der Waals surface area contributed by atoms with E-state index in [0.29, 0.717) is 23.5 Å². The maximum Gasteiger partial charge on any atom is 0.333 e. The van der Waals surface area contributed by atoms with Crippen LogP contribution in [-0.2, 0) is 26.1 Å². The summed E-state index contributed by atoms with van der Waals surface area (Å²) in [4.78, 5) is 27.3. The Labute approximate surface area is 313 Å². The highest BCUT2D eigenvalue weighted by Gasteiger charge is 2.67. The summed E-state index contributed by atoms with van der Waals surface area (Å²) in [6.07, 6.45) is 10.9. The van der Waals surface area contributed by atoms with Crippen LogP contribution in [-0.4, -0.2) is 62.2 Å². The van der Waals surface area contributed by atoms with E-state index in [9.17, 15) is 19.8 Å². The molecule has 2 saturated carbocycles. The van der Waals surface area contributed by atoms with E-state index in [4.69, 9.17) is 14.6 Å². The number of aliphatic hydroxyl groups excluding tert-OH is 3. The van der Waals surface area contributed by atoms with Crippen LogP contribution >= 0.6 is 0 Å². The third kappa shape index (κ3) is 4.68. The minimum absolute atomic E-state index is 0.0181. The Kier molecular flexibility index (Phi) is 8.03. The van der Waals surface area contributed by atoms with E-state index in [-0.39, 0.29) is 41.7 Å². The fourth-order valence-electron chi connectivity index (χ4n) is 12.8. The molecule has 8 rings (SSSR count). The highest BCUT2D eigenvalue weighted by Crippen LogP contribution is 2.71. The van der Waals surface area contributed by atoms with Crippen LogP contribution in [0.3, 0.4) is 0 Å². The molecule has 2 aromatic rings. The second-order valence-corrected chi connectivity index (χ2v) is 18.9. The number of esters is 1. The van der Waals surface area contributed by atoms with Crippen LogP contribution < -0.4 is 0 Å². The molecule has 0 amide bonds. The predicted molar refractivity (Wildman–Crippen MR) is 205 cm³/mol. The molecular weight excluding hydrogens is 666 g/mol. The highest BCUT2D eigenvalue weighted by molar-refractivity contribution is 6.18. The first kappa shape index (κ1) is 36.7. The van der Waals surface area contributed by atoms with Crippen LogP contribution in [0.25, 0.3) is 16.5 Å². The molecule has 3 heterocycles. The lowest BCUT2D eigenvalue weighted by molar-refractivity contribution is -0.144. The summed E-state index contributed by atoms with van der Waals surface area (Å²) in [7, 11) is 0. The molecule has 0 radical (unpaired) electrons. The number of benzene rings is 1. The van der Waals surface area contributed by atoms with Crippen molar-refractivity contribution in [3.63, 3.8) is 0 Å². The maximum absolute atomic E-state index is 14.9. The van der Waals surface area contributed by atoms with Gasteiger partial charge in [0.25, 0.3) is 0 Å². The fourth-order valence-corrected chi connectivity index (χ4v) is 12.8. The molecule has 53 heavy (non-hydrogen) atoms. The predicted octanol–water partition coefficient (Wildman–Crippen LogP) is 7.63. The molecule has 9 atom stereocenters. The van der Waals surface area contributed by atoms with Crippen LogP contribution in [0, 0.1) is 28.6 Å². The summed E-state index contributed by atoms with van der Waals surface area (Å²) in [6.45, 7) is 23.0. The van der Waals surface area contributed by atoms with Crippen LogP contribution in [0.2, 0.25) is 0 Å². The lowest BCUT2D eigenvalue weighted by atomic mass is 9.40. The van der Waals surface area contributed by atoms with Gasteiger partial charge in [-0.2, -0.15) is 0 Å². The minimum Gasteiger partial charge on any atom is -0.460 e. The number of rotatable bonds is 6. The zero-order valence-corrected chi connectivity index (χ0v) is 32.9. The topological polar surface area (TPSA) is 118 Å². The summed E-state index contributed by atoms with van der Waals surface area (Å²) in [6, 6.07) is 1.74. The van der Waals surface area contributed by atoms with E-state index in [2.05, 4.69) is 64.0 Å². The molecule has 1 aromatic heterocycles. The second-order valence-electron chi connectivity index (χ2n) is 18.9. The molecule has 1 aromatic carbocycles.